The molecule has 0 aliphatic rings. The molecule has 0 aromatic heterocycles. The van der Waals surface area contributed by atoms with Crippen LogP contribution in [0.25, 0.3) is 0 Å². The molecule has 1 unspecified atom stereocenters. The predicted molar refractivity (Wildman–Crippen MR) is 325 cm³/mol. The van der Waals surface area contributed by atoms with Crippen molar-refractivity contribution in [1.82, 2.24) is 0 Å². The molecular weight excluding hydrogens is 925 g/mol. The number of rotatable bonds is 57. The summed E-state index contributed by atoms with van der Waals surface area (Å²) in [6.45, 7) is 6.44. The molecule has 0 saturated carbocycles. The zero-order chi connectivity index (χ0) is 54.3. The van der Waals surface area contributed by atoms with Gasteiger partial charge >= 0.3 is 17.9 Å². The number of carbonyl (C=O) groups excluding carboxylic acids is 3. The molecule has 0 rings (SSSR count). The Labute approximate surface area is 464 Å². The Morgan fingerprint density at radius 2 is 0.573 bits per heavy atom. The van der Waals surface area contributed by atoms with Crippen molar-refractivity contribution in [3.05, 3.63) is 97.2 Å². The summed E-state index contributed by atoms with van der Waals surface area (Å²) in [5.74, 6) is -1.04. The molecule has 0 aromatic carbocycles. The van der Waals surface area contributed by atoms with Crippen LogP contribution < -0.4 is 0 Å². The summed E-state index contributed by atoms with van der Waals surface area (Å²) in [6, 6.07) is 0. The minimum Gasteiger partial charge on any atom is -0.462 e. The van der Waals surface area contributed by atoms with Gasteiger partial charge in [-0.2, -0.15) is 0 Å². The Morgan fingerprint density at radius 3 is 0.947 bits per heavy atom. The van der Waals surface area contributed by atoms with E-state index in [-0.39, 0.29) is 31.6 Å². The van der Waals surface area contributed by atoms with E-state index in [1.165, 1.54) is 186 Å². The van der Waals surface area contributed by atoms with Gasteiger partial charge < -0.3 is 14.2 Å². The monoisotopic (exact) mass is 1040 g/mol. The number of esters is 3. The number of ether oxygens (including phenoxy) is 3. The number of hydrogen-bond donors (Lipinski definition) is 0. The summed E-state index contributed by atoms with van der Waals surface area (Å²) in [5.41, 5.74) is 0. The molecule has 75 heavy (non-hydrogen) atoms. The topological polar surface area (TPSA) is 78.9 Å². The van der Waals surface area contributed by atoms with Crippen molar-refractivity contribution in [2.24, 2.45) is 0 Å². The quantitative estimate of drug-likeness (QED) is 0.0261. The van der Waals surface area contributed by atoms with E-state index in [2.05, 4.69) is 106 Å². The first-order chi connectivity index (χ1) is 37.0. The van der Waals surface area contributed by atoms with Crippen molar-refractivity contribution in [2.75, 3.05) is 13.2 Å². The molecule has 0 spiro atoms. The molecule has 0 N–H and O–H groups in total. The Hall–Kier alpha value is -3.67. The predicted octanol–water partition coefficient (Wildman–Crippen LogP) is 21.7. The van der Waals surface area contributed by atoms with E-state index in [0.29, 0.717) is 12.8 Å². The second-order valence-corrected chi connectivity index (χ2v) is 20.9. The van der Waals surface area contributed by atoms with Crippen molar-refractivity contribution < 1.29 is 28.6 Å². The molecule has 430 valence electrons. The first-order valence-electron chi connectivity index (χ1n) is 31.7. The lowest BCUT2D eigenvalue weighted by Gasteiger charge is -2.18. The lowest BCUT2D eigenvalue weighted by molar-refractivity contribution is -0.166. The smallest absolute Gasteiger partial charge is 0.309 e. The third-order valence-electron chi connectivity index (χ3n) is 13.6. The fourth-order valence-electron chi connectivity index (χ4n) is 8.84. The van der Waals surface area contributed by atoms with Crippen molar-refractivity contribution in [3.8, 4) is 0 Å². The third kappa shape index (κ3) is 61.1. The SMILES string of the molecule is CC/C=C\C/C=C\C/C=C\C/C=C\C/C=C\CC(=O)OCC(COC(=O)CCCCCCCCCCCCCCC/C=C\C/C=C\CCCCCCC)OC(=O)CCCCCCCCC/C=C\CCCCCCCC. The van der Waals surface area contributed by atoms with E-state index in [0.717, 1.165) is 77.0 Å². The van der Waals surface area contributed by atoms with E-state index in [9.17, 15) is 14.4 Å². The average Bonchev–Trinajstić information content (AvgIpc) is 3.41. The van der Waals surface area contributed by atoms with Crippen LogP contribution in [0.2, 0.25) is 0 Å². The van der Waals surface area contributed by atoms with Crippen molar-refractivity contribution >= 4 is 17.9 Å². The lowest BCUT2D eigenvalue weighted by atomic mass is 10.0. The van der Waals surface area contributed by atoms with Gasteiger partial charge in [0.1, 0.15) is 13.2 Å². The van der Waals surface area contributed by atoms with Gasteiger partial charge in [-0.3, -0.25) is 14.4 Å². The van der Waals surface area contributed by atoms with Crippen molar-refractivity contribution in [3.63, 3.8) is 0 Å². The minimum atomic E-state index is -0.821. The molecule has 0 aromatic rings. The van der Waals surface area contributed by atoms with Crippen LogP contribution in [0, 0.1) is 0 Å². The van der Waals surface area contributed by atoms with Gasteiger partial charge in [0.25, 0.3) is 0 Å². The Bertz CT molecular complexity index is 1480. The Balaban J connectivity index is 4.38. The van der Waals surface area contributed by atoms with Crippen LogP contribution in [-0.2, 0) is 28.6 Å². The van der Waals surface area contributed by atoms with E-state index in [4.69, 9.17) is 14.2 Å². The second kappa shape index (κ2) is 62.9. The van der Waals surface area contributed by atoms with Crippen molar-refractivity contribution in [1.29, 1.82) is 0 Å². The largest absolute Gasteiger partial charge is 0.462 e. The first-order valence-corrected chi connectivity index (χ1v) is 31.7. The van der Waals surface area contributed by atoms with Gasteiger partial charge in [-0.1, -0.05) is 279 Å². The molecule has 0 amide bonds. The average molecular weight is 1040 g/mol. The van der Waals surface area contributed by atoms with E-state index >= 15 is 0 Å². The zero-order valence-corrected chi connectivity index (χ0v) is 49.3. The molecule has 0 heterocycles. The molecule has 0 fully saturated rings. The van der Waals surface area contributed by atoms with Crippen LogP contribution in [0.3, 0.4) is 0 Å². The van der Waals surface area contributed by atoms with Crippen LogP contribution in [0.5, 0.6) is 0 Å². The fourth-order valence-corrected chi connectivity index (χ4v) is 8.84. The molecule has 0 aliphatic heterocycles. The van der Waals surface area contributed by atoms with Gasteiger partial charge in [0.2, 0.25) is 0 Å². The Kier molecular flexibility index (Phi) is 59.8. The summed E-state index contributed by atoms with van der Waals surface area (Å²) < 4.78 is 16.8. The molecule has 6 heteroatoms. The summed E-state index contributed by atoms with van der Waals surface area (Å²) in [6.07, 6.45) is 84.4. The third-order valence-corrected chi connectivity index (χ3v) is 13.6. The van der Waals surface area contributed by atoms with Gasteiger partial charge in [0.05, 0.1) is 6.42 Å². The van der Waals surface area contributed by atoms with E-state index < -0.39 is 12.1 Å². The van der Waals surface area contributed by atoms with Crippen LogP contribution in [0.4, 0.5) is 0 Å². The molecule has 0 radical (unpaired) electrons. The highest BCUT2D eigenvalue weighted by Gasteiger charge is 2.19. The standard InChI is InChI=1S/C69H118O6/c1-4-7-10-13-16-19-22-25-28-30-31-32-33-34-35-36-37-39-41-44-47-50-53-56-59-62-68(71)74-65-66(64-73-67(70)61-58-55-52-49-46-43-40-27-24-21-18-15-12-9-6-3)75-69(72)63-60-57-54-51-48-45-42-38-29-26-23-20-17-14-11-8-5-2/h9,12,18,21-22,25-27,29-31,40,46,49,55,58,66H,4-8,10-11,13-17,19-20,23-24,28,32-39,41-45,47-48,50-54,56-57,59-65H2,1-3H3/b12-9-,21-18-,25-22-,29-26-,31-30-,40-27-,49-46-,58-55-. The summed E-state index contributed by atoms with van der Waals surface area (Å²) in [4.78, 5) is 38.2. The maximum Gasteiger partial charge on any atom is 0.309 e. The molecule has 6 nitrogen and oxygen atoms in total. The lowest BCUT2D eigenvalue weighted by Crippen LogP contribution is -2.30. The highest BCUT2D eigenvalue weighted by Crippen LogP contribution is 2.16. The first kappa shape index (κ1) is 71.3. The van der Waals surface area contributed by atoms with Gasteiger partial charge in [-0.15, -0.1) is 0 Å². The maximum atomic E-state index is 12.9. The number of hydrogen-bond acceptors (Lipinski definition) is 6. The van der Waals surface area contributed by atoms with E-state index in [1.54, 1.807) is 6.08 Å². The van der Waals surface area contributed by atoms with Gasteiger partial charge in [0.15, 0.2) is 6.10 Å². The van der Waals surface area contributed by atoms with Crippen LogP contribution >= 0.6 is 0 Å². The number of unbranched alkanes of at least 4 members (excludes halogenated alkanes) is 31. The molecule has 0 aliphatic carbocycles. The van der Waals surface area contributed by atoms with Crippen LogP contribution in [-0.4, -0.2) is 37.2 Å². The molecular formula is C69H118O6. The highest BCUT2D eigenvalue weighted by molar-refractivity contribution is 5.72. The maximum absolute atomic E-state index is 12.9. The zero-order valence-electron chi connectivity index (χ0n) is 49.3. The normalized spacial score (nSPS) is 12.7. The Morgan fingerprint density at radius 1 is 0.293 bits per heavy atom. The summed E-state index contributed by atoms with van der Waals surface area (Å²) >= 11 is 0. The van der Waals surface area contributed by atoms with Crippen LogP contribution in [0.1, 0.15) is 303 Å². The summed E-state index contributed by atoms with van der Waals surface area (Å²) in [5, 5.41) is 0. The molecule has 0 saturated heterocycles. The molecule has 1 atom stereocenters. The summed E-state index contributed by atoms with van der Waals surface area (Å²) in [7, 11) is 0. The molecule has 0 bridgehead atoms. The van der Waals surface area contributed by atoms with Gasteiger partial charge in [-0.25, -0.2) is 0 Å². The van der Waals surface area contributed by atoms with Crippen molar-refractivity contribution in [2.45, 2.75) is 309 Å². The second-order valence-electron chi connectivity index (χ2n) is 20.9. The van der Waals surface area contributed by atoms with Crippen LogP contribution in [0.15, 0.2) is 97.2 Å². The van der Waals surface area contributed by atoms with Gasteiger partial charge in [-0.05, 0) is 103 Å². The highest BCUT2D eigenvalue weighted by atomic mass is 16.6. The minimum absolute atomic E-state index is 0.109. The number of carbonyl (C=O) groups is 3. The van der Waals surface area contributed by atoms with E-state index in [1.807, 2.05) is 6.08 Å². The fraction of sp³-hybridized carbons (Fsp3) is 0.725. The number of allylic oxidation sites excluding steroid dienone is 15. The van der Waals surface area contributed by atoms with Gasteiger partial charge in [0, 0.05) is 12.8 Å².